The predicted octanol–water partition coefficient (Wildman–Crippen LogP) is 6.17. The van der Waals surface area contributed by atoms with Crippen LogP contribution in [-0.2, 0) is 16.1 Å². The number of aromatic nitrogens is 1. The van der Waals surface area contributed by atoms with E-state index in [1.165, 1.54) is 6.07 Å². The van der Waals surface area contributed by atoms with Crippen molar-refractivity contribution >= 4 is 35.1 Å². The molecule has 1 amide bonds. The second-order valence-electron chi connectivity index (χ2n) is 9.96. The topological polar surface area (TPSA) is 79.6 Å². The summed E-state index contributed by atoms with van der Waals surface area (Å²) in [6.45, 7) is 3.99. The molecule has 1 aromatic heterocycles. The van der Waals surface area contributed by atoms with Gasteiger partial charge in [0.25, 0.3) is 5.56 Å². The van der Waals surface area contributed by atoms with Crippen molar-refractivity contribution in [3.05, 3.63) is 104 Å². The molecule has 1 aliphatic rings. The lowest BCUT2D eigenvalue weighted by Crippen LogP contribution is -2.57. The molecule has 1 saturated heterocycles. The van der Waals surface area contributed by atoms with Gasteiger partial charge in [-0.3, -0.25) is 14.4 Å². The fourth-order valence-electron chi connectivity index (χ4n) is 5.53. The minimum absolute atomic E-state index is 0.159. The fraction of sp³-hybridized carbons (Fsp3) is 0.345. The van der Waals surface area contributed by atoms with Crippen molar-refractivity contribution in [2.45, 2.75) is 57.7 Å². The van der Waals surface area contributed by atoms with Crippen molar-refractivity contribution in [2.24, 2.45) is 5.41 Å². The number of pyridine rings is 1. The third-order valence-corrected chi connectivity index (χ3v) is 7.79. The van der Waals surface area contributed by atoms with Crippen LogP contribution >= 0.6 is 23.2 Å². The van der Waals surface area contributed by atoms with Crippen LogP contribution in [0.1, 0.15) is 56.2 Å². The van der Waals surface area contributed by atoms with Crippen molar-refractivity contribution in [2.75, 3.05) is 0 Å². The Morgan fingerprint density at radius 3 is 2.38 bits per heavy atom. The first-order valence-corrected chi connectivity index (χ1v) is 13.1. The zero-order chi connectivity index (χ0) is 26.7. The van der Waals surface area contributed by atoms with Crippen LogP contribution in [0.25, 0.3) is 0 Å². The van der Waals surface area contributed by atoms with Crippen molar-refractivity contribution in [1.82, 2.24) is 9.47 Å². The summed E-state index contributed by atoms with van der Waals surface area (Å²) in [7, 11) is 0. The highest BCUT2D eigenvalue weighted by Crippen LogP contribution is 2.52. The number of carbonyl (C=O) groups excluding carboxylic acids is 1. The molecule has 194 valence electrons. The highest BCUT2D eigenvalue weighted by atomic mass is 35.5. The Balaban J connectivity index is 1.91. The van der Waals surface area contributed by atoms with E-state index in [2.05, 4.69) is 0 Å². The summed E-state index contributed by atoms with van der Waals surface area (Å²) in [5.74, 6) is -1.50. The largest absolute Gasteiger partial charge is 0.481 e. The number of nitrogens with zero attached hydrogens (tertiary/aromatic N) is 2. The monoisotopic (exact) mass is 540 g/mol. The van der Waals surface area contributed by atoms with E-state index in [0.717, 1.165) is 11.1 Å². The molecule has 2 heterocycles. The molecule has 37 heavy (non-hydrogen) atoms. The molecule has 8 heteroatoms. The molecule has 2 aromatic carbocycles. The summed E-state index contributed by atoms with van der Waals surface area (Å²) in [6.07, 6.45) is 2.32. The Hall–Kier alpha value is -3.09. The van der Waals surface area contributed by atoms with Crippen LogP contribution in [-0.4, -0.2) is 32.5 Å². The molecule has 0 spiro atoms. The number of aliphatic carboxylic acids is 1. The lowest BCUT2D eigenvalue weighted by Gasteiger charge is -2.52. The number of rotatable bonds is 8. The van der Waals surface area contributed by atoms with Gasteiger partial charge in [0.2, 0.25) is 5.91 Å². The van der Waals surface area contributed by atoms with E-state index in [1.807, 2.05) is 42.2 Å². The van der Waals surface area contributed by atoms with E-state index in [1.54, 1.807) is 48.0 Å². The molecule has 0 aliphatic carbocycles. The summed E-state index contributed by atoms with van der Waals surface area (Å²) < 4.78 is 1.60. The smallest absolute Gasteiger partial charge is 0.304 e. The number of piperidine rings is 1. The molecule has 0 bridgehead atoms. The van der Waals surface area contributed by atoms with Gasteiger partial charge in [0.15, 0.2) is 0 Å². The van der Waals surface area contributed by atoms with Crippen LogP contribution in [0, 0.1) is 5.41 Å². The summed E-state index contributed by atoms with van der Waals surface area (Å²) in [4.78, 5) is 40.6. The minimum Gasteiger partial charge on any atom is -0.481 e. The first-order valence-electron chi connectivity index (χ1n) is 12.3. The first kappa shape index (κ1) is 27.0. The number of benzene rings is 2. The van der Waals surface area contributed by atoms with Gasteiger partial charge in [0.1, 0.15) is 0 Å². The second kappa shape index (κ2) is 11.1. The Labute approximate surface area is 226 Å². The van der Waals surface area contributed by atoms with Crippen LogP contribution in [0.3, 0.4) is 0 Å². The van der Waals surface area contributed by atoms with Crippen molar-refractivity contribution < 1.29 is 14.7 Å². The Morgan fingerprint density at radius 2 is 1.76 bits per heavy atom. The normalized spacial score (nSPS) is 22.6. The van der Waals surface area contributed by atoms with Gasteiger partial charge in [0, 0.05) is 34.8 Å². The van der Waals surface area contributed by atoms with E-state index >= 15 is 0 Å². The van der Waals surface area contributed by atoms with Gasteiger partial charge < -0.3 is 14.6 Å². The van der Waals surface area contributed by atoms with Gasteiger partial charge in [-0.2, -0.15) is 0 Å². The maximum Gasteiger partial charge on any atom is 0.304 e. The Bertz CT molecular complexity index is 1340. The predicted molar refractivity (Wildman–Crippen MR) is 145 cm³/mol. The van der Waals surface area contributed by atoms with Gasteiger partial charge in [-0.25, -0.2) is 0 Å². The van der Waals surface area contributed by atoms with Gasteiger partial charge >= 0.3 is 5.97 Å². The van der Waals surface area contributed by atoms with Gasteiger partial charge in [-0.1, -0.05) is 67.4 Å². The molecule has 4 rings (SSSR count). The number of likely N-dealkylation sites (tertiary alicyclic amines) is 1. The van der Waals surface area contributed by atoms with Gasteiger partial charge in [0.05, 0.1) is 23.9 Å². The highest BCUT2D eigenvalue weighted by Gasteiger charge is 2.52. The number of hydrogen-bond acceptors (Lipinski definition) is 3. The molecule has 1 N–H and O–H groups in total. The van der Waals surface area contributed by atoms with Crippen LogP contribution in [0.4, 0.5) is 0 Å². The number of hydrogen-bond donors (Lipinski definition) is 1. The second-order valence-corrected chi connectivity index (χ2v) is 10.8. The van der Waals surface area contributed by atoms with E-state index in [0.29, 0.717) is 22.9 Å². The third-order valence-electron chi connectivity index (χ3n) is 7.30. The minimum atomic E-state index is -1.14. The standard InChI is InChI=1S/C29H30Cl2N2O4/c1-3-23(18-32-14-5-4-9-25(32)34)33-27(19-10-12-21(30)13-11-19)24(20-7-6-8-22(31)15-20)16-29(2,28(33)37)17-26(35)36/h4-15,23-24,27H,3,16-18H2,1-2H3,(H,35,36)/t23-,24?,27+,29+/m0/s1. The van der Waals surface area contributed by atoms with Gasteiger partial charge in [-0.15, -0.1) is 0 Å². The lowest BCUT2D eigenvalue weighted by atomic mass is 9.67. The first-order chi connectivity index (χ1) is 17.6. The number of carbonyl (C=O) groups is 2. The van der Waals surface area contributed by atoms with Crippen LogP contribution in [0.5, 0.6) is 0 Å². The van der Waals surface area contributed by atoms with Gasteiger partial charge in [-0.05, 0) is 54.3 Å². The van der Waals surface area contributed by atoms with Crippen LogP contribution in [0.15, 0.2) is 77.7 Å². The molecule has 3 aromatic rings. The van der Waals surface area contributed by atoms with E-state index < -0.39 is 17.4 Å². The Kier molecular flexibility index (Phi) is 8.10. The summed E-state index contributed by atoms with van der Waals surface area (Å²) in [5.41, 5.74) is 0.511. The Morgan fingerprint density at radius 1 is 1.03 bits per heavy atom. The van der Waals surface area contributed by atoms with Crippen molar-refractivity contribution in [1.29, 1.82) is 0 Å². The molecule has 0 saturated carbocycles. The zero-order valence-corrected chi connectivity index (χ0v) is 22.3. The number of halogens is 2. The van der Waals surface area contributed by atoms with E-state index in [9.17, 15) is 19.5 Å². The summed E-state index contributed by atoms with van der Waals surface area (Å²) in [5, 5.41) is 10.9. The lowest BCUT2D eigenvalue weighted by molar-refractivity contribution is -0.161. The average molecular weight is 541 g/mol. The molecule has 6 nitrogen and oxygen atoms in total. The quantitative estimate of drug-likeness (QED) is 0.370. The molecular formula is C29H30Cl2N2O4. The van der Waals surface area contributed by atoms with E-state index in [4.69, 9.17) is 23.2 Å². The van der Waals surface area contributed by atoms with Crippen LogP contribution < -0.4 is 5.56 Å². The zero-order valence-electron chi connectivity index (χ0n) is 20.8. The molecular weight excluding hydrogens is 511 g/mol. The number of carboxylic acid groups (broad SMARTS) is 1. The maximum atomic E-state index is 14.3. The summed E-state index contributed by atoms with van der Waals surface area (Å²) in [6, 6.07) is 19.1. The number of carboxylic acids is 1. The molecule has 1 fully saturated rings. The SMILES string of the molecule is CC[C@@H](Cn1ccccc1=O)N1C(=O)[C@@](C)(CC(=O)O)CC(c2cccc(Cl)c2)[C@H]1c1ccc(Cl)cc1. The molecule has 0 radical (unpaired) electrons. The highest BCUT2D eigenvalue weighted by molar-refractivity contribution is 6.30. The number of amides is 1. The fourth-order valence-corrected chi connectivity index (χ4v) is 5.86. The van der Waals surface area contributed by atoms with Crippen molar-refractivity contribution in [3.8, 4) is 0 Å². The molecule has 4 atom stereocenters. The van der Waals surface area contributed by atoms with Crippen molar-refractivity contribution in [3.63, 3.8) is 0 Å². The van der Waals surface area contributed by atoms with E-state index in [-0.39, 0.29) is 36.4 Å². The third kappa shape index (κ3) is 5.76. The average Bonchev–Trinajstić information content (AvgIpc) is 2.85. The maximum absolute atomic E-state index is 14.3. The molecule has 1 aliphatic heterocycles. The van der Waals surface area contributed by atoms with Crippen LogP contribution in [0.2, 0.25) is 10.0 Å². The molecule has 1 unspecified atom stereocenters. The summed E-state index contributed by atoms with van der Waals surface area (Å²) >= 11 is 12.6.